The van der Waals surface area contributed by atoms with Crippen molar-refractivity contribution in [2.24, 2.45) is 5.92 Å². The maximum atomic E-state index is 3.52. The highest BCUT2D eigenvalue weighted by molar-refractivity contribution is 5.85. The van der Waals surface area contributed by atoms with Crippen molar-refractivity contribution in [2.45, 2.75) is 12.8 Å². The SMILES string of the molecule is CN1CCN(CC2CCCNC2)c2ccccc21.Cl. The first kappa shape index (κ1) is 14.5. The molecule has 1 atom stereocenters. The van der Waals surface area contributed by atoms with Gasteiger partial charge in [-0.2, -0.15) is 0 Å². The average molecular weight is 282 g/mol. The standard InChI is InChI=1S/C15H23N3.ClH/c1-17-9-10-18(12-13-5-4-8-16-11-13)15-7-3-2-6-14(15)17;/h2-3,6-7,13,16H,4-5,8-12H2,1H3;1H. The Labute approximate surface area is 122 Å². The molecule has 106 valence electrons. The molecule has 2 heterocycles. The van der Waals surface area contributed by atoms with E-state index in [4.69, 9.17) is 0 Å². The van der Waals surface area contributed by atoms with E-state index in [1.807, 2.05) is 0 Å². The highest BCUT2D eigenvalue weighted by Crippen LogP contribution is 2.32. The number of para-hydroxylation sites is 2. The van der Waals surface area contributed by atoms with Crippen molar-refractivity contribution < 1.29 is 0 Å². The Kier molecular flexibility index (Phi) is 4.94. The Morgan fingerprint density at radius 3 is 2.74 bits per heavy atom. The minimum Gasteiger partial charge on any atom is -0.371 e. The quantitative estimate of drug-likeness (QED) is 0.898. The minimum atomic E-state index is 0. The molecule has 0 radical (unpaired) electrons. The van der Waals surface area contributed by atoms with Gasteiger partial charge in [0.1, 0.15) is 0 Å². The van der Waals surface area contributed by atoms with Gasteiger partial charge in [0.15, 0.2) is 0 Å². The number of fused-ring (bicyclic) bond motifs is 1. The summed E-state index contributed by atoms with van der Waals surface area (Å²) in [5, 5.41) is 3.52. The molecule has 3 rings (SSSR count). The van der Waals surface area contributed by atoms with Gasteiger partial charge < -0.3 is 15.1 Å². The fraction of sp³-hybridized carbons (Fsp3) is 0.600. The fourth-order valence-electron chi connectivity index (χ4n) is 3.15. The molecule has 1 fully saturated rings. The monoisotopic (exact) mass is 281 g/mol. The van der Waals surface area contributed by atoms with E-state index in [2.05, 4.69) is 46.4 Å². The first-order valence-corrected chi connectivity index (χ1v) is 7.10. The summed E-state index contributed by atoms with van der Waals surface area (Å²) in [6.45, 7) is 5.89. The van der Waals surface area contributed by atoms with Gasteiger partial charge in [-0.05, 0) is 44.0 Å². The highest BCUT2D eigenvalue weighted by atomic mass is 35.5. The van der Waals surface area contributed by atoms with Crippen molar-refractivity contribution >= 4 is 23.8 Å². The van der Waals surface area contributed by atoms with Gasteiger partial charge in [0.05, 0.1) is 11.4 Å². The zero-order chi connectivity index (χ0) is 12.4. The molecule has 0 aromatic heterocycles. The van der Waals surface area contributed by atoms with E-state index in [0.29, 0.717) is 0 Å². The van der Waals surface area contributed by atoms with Gasteiger partial charge in [-0.25, -0.2) is 0 Å². The van der Waals surface area contributed by atoms with Crippen LogP contribution in [0.3, 0.4) is 0 Å². The summed E-state index contributed by atoms with van der Waals surface area (Å²) in [6, 6.07) is 8.80. The second kappa shape index (κ2) is 6.49. The van der Waals surface area contributed by atoms with Crippen LogP contribution in [0.2, 0.25) is 0 Å². The smallest absolute Gasteiger partial charge is 0.0604 e. The van der Waals surface area contributed by atoms with Crippen LogP contribution >= 0.6 is 12.4 Å². The van der Waals surface area contributed by atoms with Crippen LogP contribution in [-0.4, -0.2) is 39.8 Å². The van der Waals surface area contributed by atoms with Crippen LogP contribution in [0.4, 0.5) is 11.4 Å². The Bertz CT molecular complexity index is 404. The molecule has 1 saturated heterocycles. The van der Waals surface area contributed by atoms with Crippen molar-refractivity contribution in [2.75, 3.05) is 49.6 Å². The lowest BCUT2D eigenvalue weighted by molar-refractivity contribution is 0.376. The van der Waals surface area contributed by atoms with Crippen LogP contribution in [0.1, 0.15) is 12.8 Å². The van der Waals surface area contributed by atoms with Gasteiger partial charge in [0.25, 0.3) is 0 Å². The Morgan fingerprint density at radius 1 is 1.21 bits per heavy atom. The summed E-state index contributed by atoms with van der Waals surface area (Å²) >= 11 is 0. The molecule has 0 saturated carbocycles. The second-order valence-corrected chi connectivity index (χ2v) is 5.57. The molecule has 0 amide bonds. The van der Waals surface area contributed by atoms with Gasteiger partial charge in [-0.15, -0.1) is 12.4 Å². The minimum absolute atomic E-state index is 0. The van der Waals surface area contributed by atoms with Gasteiger partial charge in [-0.3, -0.25) is 0 Å². The number of piperidine rings is 1. The summed E-state index contributed by atoms with van der Waals surface area (Å²) in [5.74, 6) is 0.815. The molecule has 1 unspecified atom stereocenters. The predicted molar refractivity (Wildman–Crippen MR) is 84.8 cm³/mol. The molecule has 4 heteroatoms. The van der Waals surface area contributed by atoms with Gasteiger partial charge in [0, 0.05) is 26.7 Å². The molecule has 1 aromatic rings. The van der Waals surface area contributed by atoms with E-state index < -0.39 is 0 Å². The molecule has 1 aromatic carbocycles. The maximum Gasteiger partial charge on any atom is 0.0604 e. The average Bonchev–Trinajstić information content (AvgIpc) is 2.44. The third-order valence-electron chi connectivity index (χ3n) is 4.22. The van der Waals surface area contributed by atoms with Crippen molar-refractivity contribution in [3.8, 4) is 0 Å². The molecule has 0 spiro atoms. The summed E-state index contributed by atoms with van der Waals surface area (Å²) in [6.07, 6.45) is 2.71. The Balaban J connectivity index is 0.00000133. The van der Waals surface area contributed by atoms with E-state index in [1.54, 1.807) is 0 Å². The summed E-state index contributed by atoms with van der Waals surface area (Å²) in [5.41, 5.74) is 2.80. The van der Waals surface area contributed by atoms with Crippen LogP contribution in [-0.2, 0) is 0 Å². The molecule has 2 aliphatic rings. The van der Waals surface area contributed by atoms with Crippen LogP contribution in [0, 0.1) is 5.92 Å². The Hall–Kier alpha value is -0.930. The number of rotatable bonds is 2. The molecule has 0 aliphatic carbocycles. The number of benzene rings is 1. The molecular formula is C15H24ClN3. The lowest BCUT2D eigenvalue weighted by Crippen LogP contribution is -2.44. The predicted octanol–water partition coefficient (Wildman–Crippen LogP) is 2.36. The maximum absolute atomic E-state index is 3.52. The molecule has 0 bridgehead atoms. The van der Waals surface area contributed by atoms with Gasteiger partial charge >= 0.3 is 0 Å². The Morgan fingerprint density at radius 2 is 2.00 bits per heavy atom. The van der Waals surface area contributed by atoms with Crippen molar-refractivity contribution in [3.63, 3.8) is 0 Å². The molecule has 19 heavy (non-hydrogen) atoms. The fourth-order valence-corrected chi connectivity index (χ4v) is 3.15. The van der Waals surface area contributed by atoms with Crippen LogP contribution in [0.15, 0.2) is 24.3 Å². The van der Waals surface area contributed by atoms with E-state index in [-0.39, 0.29) is 12.4 Å². The van der Waals surface area contributed by atoms with Crippen LogP contribution in [0.25, 0.3) is 0 Å². The van der Waals surface area contributed by atoms with E-state index in [9.17, 15) is 0 Å². The lowest BCUT2D eigenvalue weighted by Gasteiger charge is -2.39. The van der Waals surface area contributed by atoms with E-state index in [0.717, 1.165) is 19.0 Å². The number of hydrogen-bond acceptors (Lipinski definition) is 3. The third-order valence-corrected chi connectivity index (χ3v) is 4.22. The number of anilines is 2. The first-order valence-electron chi connectivity index (χ1n) is 7.10. The third kappa shape index (κ3) is 3.15. The number of likely N-dealkylation sites (N-methyl/N-ethyl adjacent to an activating group) is 1. The van der Waals surface area contributed by atoms with Crippen molar-refractivity contribution in [1.29, 1.82) is 0 Å². The lowest BCUT2D eigenvalue weighted by atomic mass is 9.98. The second-order valence-electron chi connectivity index (χ2n) is 5.57. The van der Waals surface area contributed by atoms with Crippen LogP contribution < -0.4 is 15.1 Å². The van der Waals surface area contributed by atoms with Crippen molar-refractivity contribution in [3.05, 3.63) is 24.3 Å². The number of nitrogens with one attached hydrogen (secondary N) is 1. The van der Waals surface area contributed by atoms with Crippen molar-refractivity contribution in [1.82, 2.24) is 5.32 Å². The normalized spacial score (nSPS) is 22.7. The number of nitrogens with zero attached hydrogens (tertiary/aromatic N) is 2. The van der Waals surface area contributed by atoms with Crippen LogP contribution in [0.5, 0.6) is 0 Å². The summed E-state index contributed by atoms with van der Waals surface area (Å²) < 4.78 is 0. The summed E-state index contributed by atoms with van der Waals surface area (Å²) in [4.78, 5) is 4.94. The van der Waals surface area contributed by atoms with E-state index >= 15 is 0 Å². The van der Waals surface area contributed by atoms with Gasteiger partial charge in [-0.1, -0.05) is 12.1 Å². The largest absolute Gasteiger partial charge is 0.371 e. The highest BCUT2D eigenvalue weighted by Gasteiger charge is 2.23. The first-order chi connectivity index (χ1) is 8.84. The molecule has 1 N–H and O–H groups in total. The molecular weight excluding hydrogens is 258 g/mol. The molecule has 2 aliphatic heterocycles. The number of halogens is 1. The molecule has 3 nitrogen and oxygen atoms in total. The summed E-state index contributed by atoms with van der Waals surface area (Å²) in [7, 11) is 2.19. The van der Waals surface area contributed by atoms with E-state index in [1.165, 1.54) is 43.9 Å². The number of hydrogen-bond donors (Lipinski definition) is 1. The van der Waals surface area contributed by atoms with Gasteiger partial charge in [0.2, 0.25) is 0 Å². The zero-order valence-corrected chi connectivity index (χ0v) is 12.5. The zero-order valence-electron chi connectivity index (χ0n) is 11.6. The topological polar surface area (TPSA) is 18.5 Å².